The van der Waals surface area contributed by atoms with Crippen LogP contribution in [0.25, 0.3) is 15.7 Å². The number of pyridine rings is 1. The topological polar surface area (TPSA) is 90.5 Å². The van der Waals surface area contributed by atoms with Gasteiger partial charge in [0.05, 0.1) is 7.11 Å². The van der Waals surface area contributed by atoms with Gasteiger partial charge in [0.2, 0.25) is 11.8 Å². The highest BCUT2D eigenvalue weighted by Gasteiger charge is 2.18. The van der Waals surface area contributed by atoms with E-state index >= 15 is 0 Å². The molecule has 0 radical (unpaired) electrons. The van der Waals surface area contributed by atoms with Crippen molar-refractivity contribution in [2.24, 2.45) is 0 Å². The quantitative estimate of drug-likeness (QED) is 0.559. The standard InChI is InChI=1S/C19H19N5O3S/c1-11(2)17-22-23(10-15(25)21-13-4-6-20-16(9-13)27-3)18(26)14-8-12-5-7-28-19(12)24(14)17/h4-9,11H,10H2,1-3H3,(H,20,21,25). The number of amides is 1. The van der Waals surface area contributed by atoms with Gasteiger partial charge >= 0.3 is 0 Å². The third kappa shape index (κ3) is 3.13. The summed E-state index contributed by atoms with van der Waals surface area (Å²) in [6.07, 6.45) is 1.54. The molecule has 1 N–H and O–H groups in total. The molecule has 0 saturated heterocycles. The van der Waals surface area contributed by atoms with Crippen LogP contribution in [-0.4, -0.2) is 32.2 Å². The third-order valence-corrected chi connectivity index (χ3v) is 5.27. The lowest BCUT2D eigenvalue weighted by atomic mass is 10.2. The van der Waals surface area contributed by atoms with Gasteiger partial charge in [0.15, 0.2) is 0 Å². The normalized spacial score (nSPS) is 11.4. The summed E-state index contributed by atoms with van der Waals surface area (Å²) in [5.41, 5.74) is 0.771. The van der Waals surface area contributed by atoms with Gasteiger partial charge in [-0.2, -0.15) is 5.10 Å². The van der Waals surface area contributed by atoms with E-state index in [0.717, 1.165) is 16.0 Å². The van der Waals surface area contributed by atoms with Crippen LogP contribution in [0, 0.1) is 0 Å². The van der Waals surface area contributed by atoms with Gasteiger partial charge in [0.25, 0.3) is 5.56 Å². The molecule has 4 rings (SSSR count). The highest BCUT2D eigenvalue weighted by molar-refractivity contribution is 7.16. The van der Waals surface area contributed by atoms with Crippen LogP contribution in [0.15, 0.2) is 40.6 Å². The molecule has 144 valence electrons. The van der Waals surface area contributed by atoms with E-state index in [1.807, 2.05) is 35.8 Å². The number of carbonyl (C=O) groups excluding carboxylic acids is 1. The molecule has 0 aliphatic rings. The zero-order valence-electron chi connectivity index (χ0n) is 15.7. The first-order chi connectivity index (χ1) is 13.5. The van der Waals surface area contributed by atoms with Gasteiger partial charge < -0.3 is 10.1 Å². The van der Waals surface area contributed by atoms with E-state index in [0.29, 0.717) is 17.1 Å². The molecule has 0 bridgehead atoms. The van der Waals surface area contributed by atoms with Crippen molar-refractivity contribution >= 4 is 38.7 Å². The Morgan fingerprint density at radius 1 is 1.32 bits per heavy atom. The minimum absolute atomic E-state index is 0.0829. The molecule has 0 saturated carbocycles. The van der Waals surface area contributed by atoms with Crippen LogP contribution in [-0.2, 0) is 11.3 Å². The molecule has 4 aromatic rings. The molecular formula is C19H19N5O3S. The minimum atomic E-state index is -0.352. The van der Waals surface area contributed by atoms with E-state index in [2.05, 4.69) is 15.4 Å². The zero-order chi connectivity index (χ0) is 19.8. The predicted octanol–water partition coefficient (Wildman–Crippen LogP) is 2.88. The van der Waals surface area contributed by atoms with Crippen molar-refractivity contribution in [1.82, 2.24) is 19.2 Å². The number of methoxy groups -OCH3 is 1. The second-order valence-electron chi connectivity index (χ2n) is 6.66. The van der Waals surface area contributed by atoms with Gasteiger partial charge in [-0.1, -0.05) is 13.8 Å². The molecule has 0 aliphatic carbocycles. The Hall–Kier alpha value is -3.20. The Morgan fingerprint density at radius 2 is 2.14 bits per heavy atom. The van der Waals surface area contributed by atoms with Gasteiger partial charge in [0, 0.05) is 29.3 Å². The number of nitrogens with one attached hydrogen (secondary N) is 1. The van der Waals surface area contributed by atoms with Gasteiger partial charge in [-0.3, -0.25) is 14.0 Å². The fraction of sp³-hybridized carbons (Fsp3) is 0.263. The lowest BCUT2D eigenvalue weighted by Gasteiger charge is -2.13. The average Bonchev–Trinajstić information content (AvgIpc) is 3.25. The van der Waals surface area contributed by atoms with Crippen molar-refractivity contribution in [3.63, 3.8) is 0 Å². The molecular weight excluding hydrogens is 378 g/mol. The second kappa shape index (κ2) is 7.08. The first kappa shape index (κ1) is 18.2. The van der Waals surface area contributed by atoms with Crippen molar-refractivity contribution in [2.75, 3.05) is 12.4 Å². The summed E-state index contributed by atoms with van der Waals surface area (Å²) < 4.78 is 8.18. The maximum Gasteiger partial charge on any atom is 0.291 e. The Bertz CT molecular complexity index is 1240. The predicted molar refractivity (Wildman–Crippen MR) is 108 cm³/mol. The number of anilines is 1. The molecule has 0 fully saturated rings. The molecule has 4 heterocycles. The maximum absolute atomic E-state index is 12.9. The number of nitrogens with zero attached hydrogens (tertiary/aromatic N) is 4. The highest BCUT2D eigenvalue weighted by atomic mass is 32.1. The molecule has 1 amide bonds. The van der Waals surface area contributed by atoms with Crippen molar-refractivity contribution in [3.8, 4) is 5.88 Å². The van der Waals surface area contributed by atoms with E-state index in [4.69, 9.17) is 4.74 Å². The monoisotopic (exact) mass is 397 g/mol. The largest absolute Gasteiger partial charge is 0.481 e. The lowest BCUT2D eigenvalue weighted by Crippen LogP contribution is -2.32. The Balaban J connectivity index is 1.71. The number of fused-ring (bicyclic) bond motifs is 3. The summed E-state index contributed by atoms with van der Waals surface area (Å²) in [6.45, 7) is 3.84. The third-order valence-electron chi connectivity index (χ3n) is 4.35. The van der Waals surface area contributed by atoms with Crippen molar-refractivity contribution < 1.29 is 9.53 Å². The number of hydrogen-bond acceptors (Lipinski definition) is 6. The average molecular weight is 397 g/mol. The van der Waals surface area contributed by atoms with Crippen LogP contribution < -0.4 is 15.6 Å². The van der Waals surface area contributed by atoms with Crippen LogP contribution in [0.3, 0.4) is 0 Å². The molecule has 28 heavy (non-hydrogen) atoms. The molecule has 0 aromatic carbocycles. The zero-order valence-corrected chi connectivity index (χ0v) is 16.5. The summed E-state index contributed by atoms with van der Waals surface area (Å²) in [4.78, 5) is 30.4. The maximum atomic E-state index is 12.9. The van der Waals surface area contributed by atoms with Gasteiger partial charge in [-0.25, -0.2) is 9.67 Å². The van der Waals surface area contributed by atoms with Gasteiger partial charge in [-0.15, -0.1) is 11.3 Å². The molecule has 0 atom stereocenters. The molecule has 0 spiro atoms. The van der Waals surface area contributed by atoms with Crippen molar-refractivity contribution in [3.05, 3.63) is 52.0 Å². The number of hydrogen-bond donors (Lipinski definition) is 1. The Labute approximate surface area is 164 Å². The number of ether oxygens (including phenoxy) is 1. The first-order valence-electron chi connectivity index (χ1n) is 8.77. The number of aromatic nitrogens is 4. The molecule has 4 aromatic heterocycles. The van der Waals surface area contributed by atoms with E-state index in [1.165, 1.54) is 18.0 Å². The van der Waals surface area contributed by atoms with E-state index < -0.39 is 0 Å². The van der Waals surface area contributed by atoms with Gasteiger partial charge in [0.1, 0.15) is 22.7 Å². The highest BCUT2D eigenvalue weighted by Crippen LogP contribution is 2.26. The first-order valence-corrected chi connectivity index (χ1v) is 9.65. The fourth-order valence-corrected chi connectivity index (χ4v) is 3.97. The van der Waals surface area contributed by atoms with Crippen molar-refractivity contribution in [2.45, 2.75) is 26.3 Å². The van der Waals surface area contributed by atoms with Gasteiger partial charge in [-0.05, 0) is 23.6 Å². The smallest absolute Gasteiger partial charge is 0.291 e. The van der Waals surface area contributed by atoms with E-state index in [1.54, 1.807) is 23.5 Å². The van der Waals surface area contributed by atoms with Crippen LogP contribution in [0.4, 0.5) is 5.69 Å². The van der Waals surface area contributed by atoms with Crippen molar-refractivity contribution in [1.29, 1.82) is 0 Å². The van der Waals surface area contributed by atoms with E-state index in [9.17, 15) is 9.59 Å². The number of carbonyl (C=O) groups is 1. The minimum Gasteiger partial charge on any atom is -0.481 e. The van der Waals surface area contributed by atoms with Crippen LogP contribution >= 0.6 is 11.3 Å². The Kier molecular flexibility index (Phi) is 4.60. The molecule has 0 aliphatic heterocycles. The molecule has 9 heteroatoms. The summed E-state index contributed by atoms with van der Waals surface area (Å²) in [5, 5.41) is 10.2. The number of rotatable bonds is 5. The second-order valence-corrected chi connectivity index (χ2v) is 7.55. The summed E-state index contributed by atoms with van der Waals surface area (Å²) in [7, 11) is 1.50. The van der Waals surface area contributed by atoms with E-state index in [-0.39, 0.29) is 23.9 Å². The SMILES string of the molecule is COc1cc(NC(=O)Cn2nc(C(C)C)n3c(cc4ccsc43)c2=O)ccn1. The summed E-state index contributed by atoms with van der Waals surface area (Å²) in [6, 6.07) is 7.09. The summed E-state index contributed by atoms with van der Waals surface area (Å²) in [5.74, 6) is 0.866. The van der Waals surface area contributed by atoms with Crippen LogP contribution in [0.2, 0.25) is 0 Å². The Morgan fingerprint density at radius 3 is 2.89 bits per heavy atom. The molecule has 0 unspecified atom stereocenters. The summed E-state index contributed by atoms with van der Waals surface area (Å²) >= 11 is 1.57. The fourth-order valence-electron chi connectivity index (χ4n) is 3.07. The number of thiophene rings is 1. The lowest BCUT2D eigenvalue weighted by molar-refractivity contribution is -0.117. The van der Waals surface area contributed by atoms with Crippen LogP contribution in [0.5, 0.6) is 5.88 Å². The molecule has 8 nitrogen and oxygen atoms in total. The van der Waals surface area contributed by atoms with Crippen LogP contribution in [0.1, 0.15) is 25.6 Å².